The number of carboxylic acid groups (broad SMARTS) is 1. The Morgan fingerprint density at radius 1 is 1.44 bits per heavy atom. The quantitative estimate of drug-likeness (QED) is 0.502. The van der Waals surface area contributed by atoms with Crippen LogP contribution in [0, 0.1) is 0 Å². The Hall–Kier alpha value is -1.34. The number of hydrogen-bond acceptors (Lipinski definition) is 4. The maximum Gasteiger partial charge on any atom is 0.326 e. The summed E-state index contributed by atoms with van der Waals surface area (Å²) >= 11 is 0. The van der Waals surface area contributed by atoms with Crippen LogP contribution in [-0.4, -0.2) is 54.1 Å². The van der Waals surface area contributed by atoms with Gasteiger partial charge in [-0.15, -0.1) is 0 Å². The molecule has 1 fully saturated rings. The van der Waals surface area contributed by atoms with E-state index in [0.29, 0.717) is 6.54 Å². The Labute approximate surface area is 106 Å². The summed E-state index contributed by atoms with van der Waals surface area (Å²) in [6, 6.07) is -1.63. The lowest BCUT2D eigenvalue weighted by Crippen LogP contribution is -2.53. The SMILES string of the molecule is COC1(CNC(=O)N[C@H](CCO)C(=O)O)CCC1. The summed E-state index contributed by atoms with van der Waals surface area (Å²) in [6.07, 6.45) is 2.84. The summed E-state index contributed by atoms with van der Waals surface area (Å²) in [7, 11) is 1.60. The average Bonchev–Trinajstić information content (AvgIpc) is 2.27. The lowest BCUT2D eigenvalue weighted by Gasteiger charge is -2.40. The van der Waals surface area contributed by atoms with Gasteiger partial charge in [0.15, 0.2) is 0 Å². The molecule has 0 radical (unpaired) electrons. The van der Waals surface area contributed by atoms with Gasteiger partial charge in [0.25, 0.3) is 0 Å². The fourth-order valence-electron chi connectivity index (χ4n) is 1.86. The van der Waals surface area contributed by atoms with Gasteiger partial charge in [0.1, 0.15) is 6.04 Å². The topological polar surface area (TPSA) is 108 Å². The van der Waals surface area contributed by atoms with E-state index in [1.165, 1.54) is 0 Å². The number of aliphatic hydroxyl groups is 1. The molecule has 1 aliphatic carbocycles. The zero-order valence-electron chi connectivity index (χ0n) is 10.4. The zero-order chi connectivity index (χ0) is 13.6. The number of methoxy groups -OCH3 is 1. The van der Waals surface area contributed by atoms with E-state index in [9.17, 15) is 9.59 Å². The van der Waals surface area contributed by atoms with Crippen molar-refractivity contribution in [3.8, 4) is 0 Å². The molecule has 0 spiro atoms. The van der Waals surface area contributed by atoms with Crippen LogP contribution >= 0.6 is 0 Å². The number of ether oxygens (including phenoxy) is 1. The van der Waals surface area contributed by atoms with E-state index in [-0.39, 0.29) is 18.6 Å². The first kappa shape index (κ1) is 14.7. The van der Waals surface area contributed by atoms with Gasteiger partial charge in [-0.3, -0.25) is 0 Å². The summed E-state index contributed by atoms with van der Waals surface area (Å²) in [6.45, 7) is 0.0695. The fraction of sp³-hybridized carbons (Fsp3) is 0.818. The minimum atomic E-state index is -1.16. The van der Waals surface area contributed by atoms with Gasteiger partial charge in [-0.05, 0) is 19.3 Å². The fourth-order valence-corrected chi connectivity index (χ4v) is 1.86. The number of hydrogen-bond donors (Lipinski definition) is 4. The lowest BCUT2D eigenvalue weighted by molar-refractivity contribution is -0.139. The van der Waals surface area contributed by atoms with Crippen molar-refractivity contribution in [3.05, 3.63) is 0 Å². The first-order chi connectivity index (χ1) is 8.53. The van der Waals surface area contributed by atoms with E-state index < -0.39 is 18.0 Å². The van der Waals surface area contributed by atoms with E-state index in [4.69, 9.17) is 14.9 Å². The highest BCUT2D eigenvalue weighted by Gasteiger charge is 2.37. The molecule has 0 aromatic heterocycles. The molecule has 1 atom stereocenters. The molecule has 104 valence electrons. The van der Waals surface area contributed by atoms with Gasteiger partial charge >= 0.3 is 12.0 Å². The van der Waals surface area contributed by atoms with E-state index in [2.05, 4.69) is 10.6 Å². The third-order valence-corrected chi connectivity index (χ3v) is 3.29. The molecule has 0 unspecified atom stereocenters. The molecule has 1 aliphatic rings. The predicted octanol–water partition coefficient (Wildman–Crippen LogP) is -0.310. The third kappa shape index (κ3) is 3.85. The molecule has 0 aliphatic heterocycles. The Balaban J connectivity index is 2.33. The molecule has 7 nitrogen and oxygen atoms in total. The van der Waals surface area contributed by atoms with Crippen LogP contribution in [0.4, 0.5) is 4.79 Å². The number of aliphatic hydroxyl groups excluding tert-OH is 1. The zero-order valence-corrected chi connectivity index (χ0v) is 10.4. The lowest BCUT2D eigenvalue weighted by atomic mass is 9.80. The first-order valence-electron chi connectivity index (χ1n) is 5.96. The highest BCUT2D eigenvalue weighted by molar-refractivity contribution is 5.82. The molecule has 0 saturated heterocycles. The van der Waals surface area contributed by atoms with Crippen LogP contribution in [0.2, 0.25) is 0 Å². The maximum absolute atomic E-state index is 11.5. The molecule has 2 amide bonds. The summed E-state index contributed by atoms with van der Waals surface area (Å²) in [4.78, 5) is 22.3. The van der Waals surface area contributed by atoms with Crippen molar-refractivity contribution < 1.29 is 24.5 Å². The molecule has 7 heteroatoms. The first-order valence-corrected chi connectivity index (χ1v) is 5.96. The molecule has 18 heavy (non-hydrogen) atoms. The predicted molar refractivity (Wildman–Crippen MR) is 63.3 cm³/mol. The number of urea groups is 1. The summed E-state index contributed by atoms with van der Waals surface area (Å²) in [5, 5.41) is 22.4. The second-order valence-electron chi connectivity index (χ2n) is 4.47. The molecule has 0 bridgehead atoms. The second-order valence-corrected chi connectivity index (χ2v) is 4.47. The minimum Gasteiger partial charge on any atom is -0.480 e. The molecule has 0 aromatic rings. The molecule has 0 aromatic carbocycles. The summed E-state index contributed by atoms with van der Waals surface area (Å²) < 4.78 is 5.33. The Morgan fingerprint density at radius 2 is 2.11 bits per heavy atom. The third-order valence-electron chi connectivity index (χ3n) is 3.29. The molecule has 4 N–H and O–H groups in total. The highest BCUT2D eigenvalue weighted by atomic mass is 16.5. The van der Waals surface area contributed by atoms with Gasteiger partial charge in [-0.1, -0.05) is 0 Å². The van der Waals surface area contributed by atoms with Gasteiger partial charge in [-0.25, -0.2) is 9.59 Å². The largest absolute Gasteiger partial charge is 0.480 e. The standard InChI is InChI=1S/C11H20N2O5/c1-18-11(4-2-5-11)7-12-10(17)13-8(3-6-14)9(15)16/h8,14H,2-7H2,1H3,(H,15,16)(H2,12,13,17)/t8-/m1/s1. The molecule has 1 rings (SSSR count). The van der Waals surface area contributed by atoms with Crippen LogP contribution in [0.3, 0.4) is 0 Å². The van der Waals surface area contributed by atoms with E-state index in [1.807, 2.05) is 0 Å². The molecule has 0 heterocycles. The number of amides is 2. The average molecular weight is 260 g/mol. The van der Waals surface area contributed by atoms with Crippen LogP contribution in [0.15, 0.2) is 0 Å². The van der Waals surface area contributed by atoms with Crippen LogP contribution in [0.25, 0.3) is 0 Å². The van der Waals surface area contributed by atoms with Crippen molar-refractivity contribution in [2.45, 2.75) is 37.3 Å². The monoisotopic (exact) mass is 260 g/mol. The summed E-state index contributed by atoms with van der Waals surface area (Å²) in [5.74, 6) is -1.16. The minimum absolute atomic E-state index is 0.0157. The molecule has 1 saturated carbocycles. The summed E-state index contributed by atoms with van der Waals surface area (Å²) in [5.41, 5.74) is -0.299. The van der Waals surface area contributed by atoms with Crippen molar-refractivity contribution in [2.75, 3.05) is 20.3 Å². The Kier molecular flexibility index (Phi) is 5.36. The number of aliphatic carboxylic acids is 1. The Bertz CT molecular complexity index is 298. The molecular formula is C11H20N2O5. The van der Waals surface area contributed by atoms with Crippen molar-refractivity contribution >= 4 is 12.0 Å². The van der Waals surface area contributed by atoms with E-state index in [0.717, 1.165) is 19.3 Å². The van der Waals surface area contributed by atoms with Crippen molar-refractivity contribution in [2.24, 2.45) is 0 Å². The van der Waals surface area contributed by atoms with Crippen LogP contribution < -0.4 is 10.6 Å². The van der Waals surface area contributed by atoms with Gasteiger partial charge < -0.3 is 25.6 Å². The van der Waals surface area contributed by atoms with Crippen LogP contribution in [0.1, 0.15) is 25.7 Å². The highest BCUT2D eigenvalue weighted by Crippen LogP contribution is 2.34. The second kappa shape index (κ2) is 6.55. The smallest absolute Gasteiger partial charge is 0.326 e. The molecular weight excluding hydrogens is 240 g/mol. The normalized spacial score (nSPS) is 18.6. The van der Waals surface area contributed by atoms with Crippen LogP contribution in [0.5, 0.6) is 0 Å². The van der Waals surface area contributed by atoms with Gasteiger partial charge in [-0.2, -0.15) is 0 Å². The number of carbonyl (C=O) groups is 2. The number of carbonyl (C=O) groups excluding carboxylic acids is 1. The number of nitrogens with one attached hydrogen (secondary N) is 2. The van der Waals surface area contributed by atoms with Crippen molar-refractivity contribution in [1.82, 2.24) is 10.6 Å². The number of carboxylic acids is 1. The van der Waals surface area contributed by atoms with Gasteiger partial charge in [0.2, 0.25) is 0 Å². The van der Waals surface area contributed by atoms with Gasteiger partial charge in [0, 0.05) is 26.7 Å². The van der Waals surface area contributed by atoms with E-state index in [1.54, 1.807) is 7.11 Å². The maximum atomic E-state index is 11.5. The number of rotatable bonds is 7. The van der Waals surface area contributed by atoms with Crippen molar-refractivity contribution in [1.29, 1.82) is 0 Å². The van der Waals surface area contributed by atoms with Crippen molar-refractivity contribution in [3.63, 3.8) is 0 Å². The van der Waals surface area contributed by atoms with Gasteiger partial charge in [0.05, 0.1) is 5.60 Å². The van der Waals surface area contributed by atoms with Crippen LogP contribution in [-0.2, 0) is 9.53 Å². The van der Waals surface area contributed by atoms with E-state index >= 15 is 0 Å². The Morgan fingerprint density at radius 3 is 2.50 bits per heavy atom.